The third-order valence-electron chi connectivity index (χ3n) is 1.84. The molecule has 0 spiro atoms. The van der Waals surface area contributed by atoms with Crippen molar-refractivity contribution in [1.82, 2.24) is 0 Å². The molecule has 0 bridgehead atoms. The minimum absolute atomic E-state index is 0.210. The zero-order valence-corrected chi connectivity index (χ0v) is 9.83. The zero-order valence-electron chi connectivity index (χ0n) is 9.83. The predicted molar refractivity (Wildman–Crippen MR) is 61.3 cm³/mol. The van der Waals surface area contributed by atoms with Gasteiger partial charge in [-0.3, -0.25) is 0 Å². The molecule has 0 aliphatic carbocycles. The molecule has 2 N–H and O–H groups in total. The Labute approximate surface area is 91.2 Å². The Morgan fingerprint density at radius 1 is 1.13 bits per heavy atom. The fourth-order valence-corrected chi connectivity index (χ4v) is 1.28. The second-order valence-electron chi connectivity index (χ2n) is 4.44. The van der Waals surface area contributed by atoms with Gasteiger partial charge in [-0.25, -0.2) is 0 Å². The van der Waals surface area contributed by atoms with Crippen LogP contribution in [0, 0.1) is 0 Å². The van der Waals surface area contributed by atoms with Crippen molar-refractivity contribution in [1.29, 1.82) is 0 Å². The number of hydrogen-bond acceptors (Lipinski definition) is 3. The van der Waals surface area contributed by atoms with E-state index < -0.39 is 0 Å². The van der Waals surface area contributed by atoms with Crippen molar-refractivity contribution in [3.8, 4) is 11.5 Å². The number of nitrogens with two attached hydrogens (primary N) is 1. The lowest BCUT2D eigenvalue weighted by Crippen LogP contribution is -2.23. The molecule has 0 aromatic heterocycles. The predicted octanol–water partition coefficient (Wildman–Crippen LogP) is 2.33. The summed E-state index contributed by atoms with van der Waals surface area (Å²) in [6, 6.07) is 5.72. The molecule has 3 nitrogen and oxygen atoms in total. The van der Waals surface area contributed by atoms with E-state index in [1.165, 1.54) is 0 Å². The minimum atomic E-state index is -0.210. The molecule has 0 amide bonds. The summed E-state index contributed by atoms with van der Waals surface area (Å²) >= 11 is 0. The van der Waals surface area contributed by atoms with Crippen LogP contribution in [0.2, 0.25) is 0 Å². The highest BCUT2D eigenvalue weighted by Gasteiger charge is 2.12. The van der Waals surface area contributed by atoms with E-state index in [9.17, 15) is 0 Å². The molecule has 0 aliphatic rings. The van der Waals surface area contributed by atoms with Gasteiger partial charge in [0.05, 0.1) is 7.11 Å². The molecule has 0 radical (unpaired) electrons. The number of hydrogen-bond donors (Lipinski definition) is 1. The molecule has 0 saturated heterocycles. The van der Waals surface area contributed by atoms with Crippen molar-refractivity contribution in [3.63, 3.8) is 0 Å². The molecular formula is C12H19NO2. The van der Waals surface area contributed by atoms with E-state index >= 15 is 0 Å². The van der Waals surface area contributed by atoms with Crippen LogP contribution in [0.4, 0.5) is 0 Å². The average molecular weight is 209 g/mol. The van der Waals surface area contributed by atoms with E-state index in [0.29, 0.717) is 6.54 Å². The number of benzene rings is 1. The smallest absolute Gasteiger partial charge is 0.124 e. The van der Waals surface area contributed by atoms with Crippen LogP contribution in [-0.2, 0) is 6.54 Å². The number of ether oxygens (including phenoxy) is 2. The van der Waals surface area contributed by atoms with Crippen LogP contribution >= 0.6 is 0 Å². The summed E-state index contributed by atoms with van der Waals surface area (Å²) in [6.45, 7) is 6.51. The van der Waals surface area contributed by atoms with Gasteiger partial charge in [0.1, 0.15) is 17.1 Å². The summed E-state index contributed by atoms with van der Waals surface area (Å²) in [5.74, 6) is 1.57. The Balaban J connectivity index is 2.97. The molecule has 84 valence electrons. The van der Waals surface area contributed by atoms with Crippen molar-refractivity contribution in [3.05, 3.63) is 23.8 Å². The molecule has 0 heterocycles. The van der Waals surface area contributed by atoms with E-state index in [0.717, 1.165) is 17.1 Å². The Bertz CT molecular complexity index is 307. The first-order valence-corrected chi connectivity index (χ1v) is 5.01. The van der Waals surface area contributed by atoms with Crippen LogP contribution in [0.25, 0.3) is 0 Å². The van der Waals surface area contributed by atoms with Gasteiger partial charge in [0.15, 0.2) is 0 Å². The van der Waals surface area contributed by atoms with Crippen molar-refractivity contribution in [2.24, 2.45) is 5.73 Å². The SMILES string of the molecule is COc1cc(CN)cc(OC(C)(C)C)c1. The maximum atomic E-state index is 5.75. The first kappa shape index (κ1) is 11.9. The van der Waals surface area contributed by atoms with Crippen molar-refractivity contribution in [2.45, 2.75) is 32.9 Å². The van der Waals surface area contributed by atoms with Gasteiger partial charge in [-0.15, -0.1) is 0 Å². The second-order valence-corrected chi connectivity index (χ2v) is 4.44. The van der Waals surface area contributed by atoms with Gasteiger partial charge in [-0.05, 0) is 38.5 Å². The van der Waals surface area contributed by atoms with Crippen LogP contribution in [0.15, 0.2) is 18.2 Å². The zero-order chi connectivity index (χ0) is 11.5. The molecule has 1 aromatic rings. The molecule has 1 rings (SSSR count). The van der Waals surface area contributed by atoms with Crippen LogP contribution in [0.5, 0.6) is 11.5 Å². The first-order chi connectivity index (χ1) is 6.94. The fraction of sp³-hybridized carbons (Fsp3) is 0.500. The Kier molecular flexibility index (Phi) is 3.58. The molecule has 3 heteroatoms. The Morgan fingerprint density at radius 2 is 1.73 bits per heavy atom. The maximum Gasteiger partial charge on any atom is 0.124 e. The van der Waals surface area contributed by atoms with Gasteiger partial charge >= 0.3 is 0 Å². The molecule has 0 atom stereocenters. The van der Waals surface area contributed by atoms with E-state index in [1.807, 2.05) is 39.0 Å². The van der Waals surface area contributed by atoms with E-state index in [2.05, 4.69) is 0 Å². The minimum Gasteiger partial charge on any atom is -0.497 e. The van der Waals surface area contributed by atoms with Crippen molar-refractivity contribution < 1.29 is 9.47 Å². The molecule has 15 heavy (non-hydrogen) atoms. The molecule has 0 aliphatic heterocycles. The molecular weight excluding hydrogens is 190 g/mol. The lowest BCUT2D eigenvalue weighted by Gasteiger charge is -2.22. The highest BCUT2D eigenvalue weighted by atomic mass is 16.5. The largest absolute Gasteiger partial charge is 0.497 e. The molecule has 1 aromatic carbocycles. The Morgan fingerprint density at radius 3 is 2.20 bits per heavy atom. The molecule has 0 saturated carbocycles. The monoisotopic (exact) mass is 209 g/mol. The fourth-order valence-electron chi connectivity index (χ4n) is 1.28. The van der Waals surface area contributed by atoms with Crippen LogP contribution in [0.3, 0.4) is 0 Å². The summed E-state index contributed by atoms with van der Waals surface area (Å²) in [5, 5.41) is 0. The summed E-state index contributed by atoms with van der Waals surface area (Å²) in [4.78, 5) is 0. The summed E-state index contributed by atoms with van der Waals surface area (Å²) in [7, 11) is 1.64. The van der Waals surface area contributed by atoms with Gasteiger partial charge in [-0.1, -0.05) is 0 Å². The first-order valence-electron chi connectivity index (χ1n) is 5.01. The van der Waals surface area contributed by atoms with Crippen molar-refractivity contribution >= 4 is 0 Å². The lowest BCUT2D eigenvalue weighted by molar-refractivity contribution is 0.130. The van der Waals surface area contributed by atoms with Crippen LogP contribution in [-0.4, -0.2) is 12.7 Å². The normalized spacial score (nSPS) is 11.3. The van der Waals surface area contributed by atoms with Gasteiger partial charge in [0.2, 0.25) is 0 Å². The third kappa shape index (κ3) is 3.80. The highest BCUT2D eigenvalue weighted by Crippen LogP contribution is 2.25. The average Bonchev–Trinajstić information content (AvgIpc) is 2.14. The third-order valence-corrected chi connectivity index (χ3v) is 1.84. The molecule has 0 unspecified atom stereocenters. The quantitative estimate of drug-likeness (QED) is 0.831. The van der Waals surface area contributed by atoms with E-state index in [-0.39, 0.29) is 5.60 Å². The van der Waals surface area contributed by atoms with E-state index in [1.54, 1.807) is 7.11 Å². The van der Waals surface area contributed by atoms with Crippen LogP contribution < -0.4 is 15.2 Å². The van der Waals surface area contributed by atoms with Gasteiger partial charge in [0, 0.05) is 12.6 Å². The van der Waals surface area contributed by atoms with Gasteiger partial charge < -0.3 is 15.2 Å². The summed E-state index contributed by atoms with van der Waals surface area (Å²) in [6.07, 6.45) is 0. The lowest BCUT2D eigenvalue weighted by atomic mass is 10.1. The Hall–Kier alpha value is -1.22. The summed E-state index contributed by atoms with van der Waals surface area (Å²) in [5.41, 5.74) is 6.39. The number of rotatable bonds is 3. The van der Waals surface area contributed by atoms with Gasteiger partial charge in [-0.2, -0.15) is 0 Å². The van der Waals surface area contributed by atoms with E-state index in [4.69, 9.17) is 15.2 Å². The second kappa shape index (κ2) is 4.53. The van der Waals surface area contributed by atoms with Crippen LogP contribution in [0.1, 0.15) is 26.3 Å². The number of methoxy groups -OCH3 is 1. The summed E-state index contributed by atoms with van der Waals surface area (Å²) < 4.78 is 10.9. The van der Waals surface area contributed by atoms with Crippen molar-refractivity contribution in [2.75, 3.05) is 7.11 Å². The maximum absolute atomic E-state index is 5.75. The highest BCUT2D eigenvalue weighted by molar-refractivity contribution is 5.38. The standard InChI is InChI=1S/C12H19NO2/c1-12(2,3)15-11-6-9(8-13)5-10(7-11)14-4/h5-7H,8,13H2,1-4H3. The topological polar surface area (TPSA) is 44.5 Å². The molecule has 0 fully saturated rings. The van der Waals surface area contributed by atoms with Gasteiger partial charge in [0.25, 0.3) is 0 Å².